The normalized spacial score (nSPS) is 22.9. The number of likely N-dealkylation sites (tertiary alicyclic amines) is 1. The maximum atomic E-state index is 10.7. The van der Waals surface area contributed by atoms with Crippen molar-refractivity contribution in [2.24, 2.45) is 7.05 Å². The second kappa shape index (κ2) is 7.28. The summed E-state index contributed by atoms with van der Waals surface area (Å²) in [7, 11) is 1.96. The van der Waals surface area contributed by atoms with Crippen LogP contribution in [0.4, 0.5) is 0 Å². The van der Waals surface area contributed by atoms with Crippen LogP contribution in [0, 0.1) is 0 Å². The van der Waals surface area contributed by atoms with Crippen LogP contribution in [0.5, 0.6) is 0 Å². The molecule has 3 heterocycles. The fraction of sp³-hybridized carbons (Fsp3) is 0.550. The second-order valence-electron chi connectivity index (χ2n) is 7.51. The van der Waals surface area contributed by atoms with Gasteiger partial charge in [0.15, 0.2) is 0 Å². The first-order chi connectivity index (χ1) is 12.2. The third-order valence-corrected chi connectivity index (χ3v) is 5.60. The zero-order valence-corrected chi connectivity index (χ0v) is 15.0. The van der Waals surface area contributed by atoms with E-state index in [-0.39, 0.29) is 6.10 Å². The largest absolute Gasteiger partial charge is 0.390 e. The molecule has 1 N–H and O–H groups in total. The monoisotopic (exact) mass is 340 g/mol. The van der Waals surface area contributed by atoms with E-state index < -0.39 is 0 Å². The molecule has 0 aliphatic carbocycles. The number of rotatable bonds is 5. The molecule has 5 heteroatoms. The molecule has 2 aromatic rings. The zero-order chi connectivity index (χ0) is 17.2. The van der Waals surface area contributed by atoms with Gasteiger partial charge in [-0.1, -0.05) is 24.3 Å². The third kappa shape index (κ3) is 3.78. The molecular formula is C20H28N4O. The Morgan fingerprint density at radius 1 is 1.20 bits per heavy atom. The number of hydrogen-bond acceptors (Lipinski definition) is 4. The molecule has 0 unspecified atom stereocenters. The van der Waals surface area contributed by atoms with Crippen LogP contribution in [-0.2, 0) is 20.0 Å². The average Bonchev–Trinajstić information content (AvgIpc) is 3.23. The maximum absolute atomic E-state index is 10.7. The van der Waals surface area contributed by atoms with E-state index in [1.165, 1.54) is 23.1 Å². The molecule has 0 bridgehead atoms. The topological polar surface area (TPSA) is 44.5 Å². The first kappa shape index (κ1) is 16.8. The summed E-state index contributed by atoms with van der Waals surface area (Å²) in [5.41, 5.74) is 4.15. The molecule has 1 fully saturated rings. The van der Waals surface area contributed by atoms with Crippen LogP contribution in [0.1, 0.15) is 35.6 Å². The van der Waals surface area contributed by atoms with Crippen LogP contribution >= 0.6 is 0 Å². The number of aliphatic hydroxyl groups excluding tert-OH is 1. The minimum atomic E-state index is -0.303. The molecule has 0 radical (unpaired) electrons. The van der Waals surface area contributed by atoms with E-state index in [0.717, 1.165) is 45.6 Å². The van der Waals surface area contributed by atoms with Crippen molar-refractivity contribution >= 4 is 0 Å². The standard InChI is InChI=1S/C20H28N4O/c1-22-12-18(11-21-22)20-7-4-9-24(20)15-19(25)14-23-10-8-16-5-2-3-6-17(16)13-23/h2-3,5-6,11-12,19-20,25H,4,7-10,13-15H2,1H3/t19-,20+/m1/s1. The number of aryl methyl sites for hydroxylation is 1. The molecule has 134 valence electrons. The van der Waals surface area contributed by atoms with Gasteiger partial charge in [-0.25, -0.2) is 0 Å². The summed E-state index contributed by atoms with van der Waals surface area (Å²) < 4.78 is 1.87. The SMILES string of the molecule is Cn1cc([C@@H]2CCCN2C[C@H](O)CN2CCc3ccccc3C2)cn1. The van der Waals surface area contributed by atoms with Crippen molar-refractivity contribution < 1.29 is 5.11 Å². The molecule has 1 saturated heterocycles. The summed E-state index contributed by atoms with van der Waals surface area (Å²) in [6, 6.07) is 9.08. The van der Waals surface area contributed by atoms with Gasteiger partial charge in [-0.05, 0) is 36.9 Å². The van der Waals surface area contributed by atoms with Crippen LogP contribution in [0.25, 0.3) is 0 Å². The molecule has 2 atom stereocenters. The number of β-amino-alcohol motifs (C(OH)–C–C–N with tert-alkyl or cyclic N) is 1. The number of benzene rings is 1. The van der Waals surface area contributed by atoms with E-state index in [1.54, 1.807) is 0 Å². The van der Waals surface area contributed by atoms with Crippen LogP contribution in [0.3, 0.4) is 0 Å². The lowest BCUT2D eigenvalue weighted by Crippen LogP contribution is -2.42. The van der Waals surface area contributed by atoms with E-state index in [1.807, 2.05) is 17.9 Å². The van der Waals surface area contributed by atoms with Crippen molar-refractivity contribution in [3.63, 3.8) is 0 Å². The highest BCUT2D eigenvalue weighted by atomic mass is 16.3. The van der Waals surface area contributed by atoms with E-state index in [9.17, 15) is 5.11 Å². The van der Waals surface area contributed by atoms with Gasteiger partial charge in [0.25, 0.3) is 0 Å². The molecule has 1 aromatic heterocycles. The quantitative estimate of drug-likeness (QED) is 0.904. The van der Waals surface area contributed by atoms with Crippen LogP contribution < -0.4 is 0 Å². The fourth-order valence-corrected chi connectivity index (χ4v) is 4.37. The summed E-state index contributed by atoms with van der Waals surface area (Å²) in [4.78, 5) is 4.82. The highest BCUT2D eigenvalue weighted by Crippen LogP contribution is 2.31. The Balaban J connectivity index is 1.34. The number of nitrogens with zero attached hydrogens (tertiary/aromatic N) is 4. The maximum Gasteiger partial charge on any atom is 0.0794 e. The zero-order valence-electron chi connectivity index (χ0n) is 15.0. The van der Waals surface area contributed by atoms with Gasteiger partial charge in [0.05, 0.1) is 12.3 Å². The highest BCUT2D eigenvalue weighted by Gasteiger charge is 2.29. The Labute approximate surface area is 149 Å². The molecule has 0 amide bonds. The summed E-state index contributed by atoms with van der Waals surface area (Å²) in [6.45, 7) is 4.57. The molecule has 0 spiro atoms. The van der Waals surface area contributed by atoms with E-state index >= 15 is 0 Å². The first-order valence-electron chi connectivity index (χ1n) is 9.39. The number of fused-ring (bicyclic) bond motifs is 1. The van der Waals surface area contributed by atoms with Crippen molar-refractivity contribution in [3.8, 4) is 0 Å². The predicted molar refractivity (Wildman–Crippen MR) is 98.2 cm³/mol. The molecule has 2 aliphatic rings. The Morgan fingerprint density at radius 3 is 2.84 bits per heavy atom. The smallest absolute Gasteiger partial charge is 0.0794 e. The minimum Gasteiger partial charge on any atom is -0.390 e. The van der Waals surface area contributed by atoms with Gasteiger partial charge in [0.2, 0.25) is 0 Å². The Hall–Kier alpha value is -1.69. The van der Waals surface area contributed by atoms with Gasteiger partial charge >= 0.3 is 0 Å². The van der Waals surface area contributed by atoms with Crippen molar-refractivity contribution in [1.82, 2.24) is 19.6 Å². The summed E-state index contributed by atoms with van der Waals surface area (Å²) in [6.07, 6.45) is 7.22. The molecular weight excluding hydrogens is 312 g/mol. The van der Waals surface area contributed by atoms with Crippen LogP contribution in [0.2, 0.25) is 0 Å². The summed E-state index contributed by atoms with van der Waals surface area (Å²) in [5.74, 6) is 0. The van der Waals surface area contributed by atoms with Gasteiger partial charge in [0.1, 0.15) is 0 Å². The average molecular weight is 340 g/mol. The van der Waals surface area contributed by atoms with Crippen LogP contribution in [0.15, 0.2) is 36.7 Å². The summed E-state index contributed by atoms with van der Waals surface area (Å²) in [5, 5.41) is 15.0. The Morgan fingerprint density at radius 2 is 2.04 bits per heavy atom. The molecule has 25 heavy (non-hydrogen) atoms. The van der Waals surface area contributed by atoms with E-state index in [0.29, 0.717) is 6.04 Å². The van der Waals surface area contributed by atoms with Crippen molar-refractivity contribution in [2.45, 2.75) is 38.0 Å². The number of aromatic nitrogens is 2. The summed E-state index contributed by atoms with van der Waals surface area (Å²) >= 11 is 0. The molecule has 1 aromatic carbocycles. The van der Waals surface area contributed by atoms with Gasteiger partial charge in [0, 0.05) is 51.0 Å². The van der Waals surface area contributed by atoms with E-state index in [4.69, 9.17) is 0 Å². The first-order valence-corrected chi connectivity index (χ1v) is 9.39. The van der Waals surface area contributed by atoms with Crippen LogP contribution in [-0.4, -0.2) is 57.0 Å². The van der Waals surface area contributed by atoms with Crippen molar-refractivity contribution in [3.05, 3.63) is 53.3 Å². The molecule has 5 nitrogen and oxygen atoms in total. The minimum absolute atomic E-state index is 0.303. The highest BCUT2D eigenvalue weighted by molar-refractivity contribution is 5.29. The lowest BCUT2D eigenvalue weighted by Gasteiger charge is -2.32. The van der Waals surface area contributed by atoms with Gasteiger partial charge in [-0.2, -0.15) is 5.10 Å². The van der Waals surface area contributed by atoms with Crippen molar-refractivity contribution in [2.75, 3.05) is 26.2 Å². The van der Waals surface area contributed by atoms with Gasteiger partial charge in [-0.3, -0.25) is 14.5 Å². The number of aliphatic hydroxyl groups is 1. The van der Waals surface area contributed by atoms with E-state index in [2.05, 4.69) is 45.4 Å². The van der Waals surface area contributed by atoms with Gasteiger partial charge in [-0.15, -0.1) is 0 Å². The lowest BCUT2D eigenvalue weighted by atomic mass is 10.00. The third-order valence-electron chi connectivity index (χ3n) is 5.60. The second-order valence-corrected chi connectivity index (χ2v) is 7.51. The van der Waals surface area contributed by atoms with Crippen molar-refractivity contribution in [1.29, 1.82) is 0 Å². The molecule has 4 rings (SSSR count). The lowest BCUT2D eigenvalue weighted by molar-refractivity contribution is 0.0649. The number of hydrogen-bond donors (Lipinski definition) is 1. The fourth-order valence-electron chi connectivity index (χ4n) is 4.37. The van der Waals surface area contributed by atoms with Gasteiger partial charge < -0.3 is 5.11 Å². The predicted octanol–water partition coefficient (Wildman–Crippen LogP) is 1.98. The Kier molecular flexibility index (Phi) is 4.88. The Bertz CT molecular complexity index is 713. The molecule has 2 aliphatic heterocycles. The molecule has 0 saturated carbocycles.